The van der Waals surface area contributed by atoms with Crippen LogP contribution in [0.3, 0.4) is 0 Å². The van der Waals surface area contributed by atoms with Crippen molar-refractivity contribution in [3.63, 3.8) is 0 Å². The van der Waals surface area contributed by atoms with E-state index in [1.165, 1.54) is 19.3 Å². The van der Waals surface area contributed by atoms with E-state index in [0.717, 1.165) is 19.3 Å². The molecule has 110 valence electrons. The Morgan fingerprint density at radius 3 is 2.26 bits per heavy atom. The number of nitrogens with one attached hydrogen (secondary N) is 2. The molecule has 0 aliphatic heterocycles. The summed E-state index contributed by atoms with van der Waals surface area (Å²) >= 11 is 0. The van der Waals surface area contributed by atoms with Gasteiger partial charge in [0.15, 0.2) is 0 Å². The van der Waals surface area contributed by atoms with Crippen molar-refractivity contribution in [1.82, 2.24) is 5.32 Å². The van der Waals surface area contributed by atoms with Gasteiger partial charge in [-0.15, -0.1) is 0 Å². The second kappa shape index (κ2) is 6.53. The molecule has 19 heavy (non-hydrogen) atoms. The lowest BCUT2D eigenvalue weighted by atomic mass is 9.78. The monoisotopic (exact) mass is 266 g/mol. The first-order chi connectivity index (χ1) is 8.70. The third-order valence-electron chi connectivity index (χ3n) is 3.77. The molecule has 0 heterocycles. The first-order valence-electron chi connectivity index (χ1n) is 7.58. The Labute approximate surface area is 118 Å². The zero-order valence-electron chi connectivity index (χ0n) is 13.1. The van der Waals surface area contributed by atoms with Gasteiger partial charge in [-0.1, -0.05) is 20.8 Å². The zero-order valence-corrected chi connectivity index (χ0v) is 13.1. The summed E-state index contributed by atoms with van der Waals surface area (Å²) in [6.45, 7) is 8.50. The minimum Gasteiger partial charge on any atom is -0.369 e. The number of Topliss-reactive ketones (excluding diaryl/α,β-unsaturated/α-hetero) is 1. The minimum absolute atomic E-state index is 0.101. The van der Waals surface area contributed by atoms with Crippen LogP contribution >= 0.6 is 0 Å². The summed E-state index contributed by atoms with van der Waals surface area (Å²) in [5.74, 6) is 1.00. The van der Waals surface area contributed by atoms with Gasteiger partial charge in [0.05, 0.1) is 5.84 Å². The van der Waals surface area contributed by atoms with E-state index in [2.05, 4.69) is 33.0 Å². The van der Waals surface area contributed by atoms with Gasteiger partial charge in [-0.25, -0.2) is 0 Å². The Balaban J connectivity index is 2.07. The lowest BCUT2D eigenvalue weighted by molar-refractivity contribution is -0.120. The van der Waals surface area contributed by atoms with Crippen LogP contribution in [-0.2, 0) is 4.79 Å². The van der Waals surface area contributed by atoms with Crippen LogP contribution in [0.4, 0.5) is 0 Å². The fourth-order valence-corrected chi connectivity index (χ4v) is 2.56. The molecule has 0 amide bonds. The Bertz CT molecular complexity index is 324. The fourth-order valence-electron chi connectivity index (χ4n) is 2.56. The molecule has 0 saturated heterocycles. The highest BCUT2D eigenvalue weighted by molar-refractivity contribution is 5.80. The number of rotatable bonds is 7. The molecule has 0 aromatic rings. The molecule has 2 N–H and O–H groups in total. The number of carbonyl (C=O) groups excluding carboxylic acids is 1. The van der Waals surface area contributed by atoms with Gasteiger partial charge in [0.2, 0.25) is 0 Å². The lowest BCUT2D eigenvalue weighted by Crippen LogP contribution is -2.50. The summed E-state index contributed by atoms with van der Waals surface area (Å²) in [4.78, 5) is 11.7. The molecule has 0 unspecified atom stereocenters. The molecule has 3 heteroatoms. The van der Waals surface area contributed by atoms with Gasteiger partial charge in [0, 0.05) is 24.8 Å². The van der Waals surface area contributed by atoms with Gasteiger partial charge in [-0.05, 0) is 44.4 Å². The molecule has 0 radical (unpaired) electrons. The number of amidine groups is 1. The van der Waals surface area contributed by atoms with E-state index in [0.29, 0.717) is 24.5 Å². The molecule has 0 aromatic carbocycles. The van der Waals surface area contributed by atoms with Gasteiger partial charge in [-0.3, -0.25) is 10.2 Å². The van der Waals surface area contributed by atoms with E-state index in [1.807, 2.05) is 0 Å². The Hall–Kier alpha value is -0.860. The van der Waals surface area contributed by atoms with Crippen molar-refractivity contribution in [3.8, 4) is 0 Å². The minimum atomic E-state index is 0.101. The van der Waals surface area contributed by atoms with Crippen LogP contribution < -0.4 is 5.32 Å². The highest BCUT2D eigenvalue weighted by Gasteiger charge is 2.31. The third kappa shape index (κ3) is 6.74. The zero-order chi connectivity index (χ0) is 14.5. The van der Waals surface area contributed by atoms with Crippen LogP contribution in [0.15, 0.2) is 0 Å². The maximum absolute atomic E-state index is 11.7. The van der Waals surface area contributed by atoms with E-state index < -0.39 is 0 Å². The molecule has 0 aromatic heterocycles. The van der Waals surface area contributed by atoms with Gasteiger partial charge in [-0.2, -0.15) is 0 Å². The van der Waals surface area contributed by atoms with Crippen LogP contribution in [0.1, 0.15) is 79.1 Å². The first kappa shape index (κ1) is 16.2. The second-order valence-corrected chi connectivity index (χ2v) is 7.50. The van der Waals surface area contributed by atoms with Gasteiger partial charge in [0.25, 0.3) is 0 Å². The molecular weight excluding hydrogens is 236 g/mol. The third-order valence-corrected chi connectivity index (χ3v) is 3.77. The number of unbranched alkanes of at least 4 members (excludes halogenated alkanes) is 1. The molecular formula is C16H30N2O. The summed E-state index contributed by atoms with van der Waals surface area (Å²) in [5.41, 5.74) is 0.281. The van der Waals surface area contributed by atoms with E-state index in [9.17, 15) is 4.79 Å². The van der Waals surface area contributed by atoms with Gasteiger partial charge in [0.1, 0.15) is 5.78 Å². The van der Waals surface area contributed by atoms with Crippen molar-refractivity contribution < 1.29 is 4.79 Å². The van der Waals surface area contributed by atoms with Crippen LogP contribution in [0.5, 0.6) is 0 Å². The second-order valence-electron chi connectivity index (χ2n) is 7.50. The molecule has 0 bridgehead atoms. The highest BCUT2D eigenvalue weighted by atomic mass is 16.1. The van der Waals surface area contributed by atoms with E-state index in [1.54, 1.807) is 0 Å². The van der Waals surface area contributed by atoms with Crippen molar-refractivity contribution >= 4 is 11.6 Å². The van der Waals surface area contributed by atoms with E-state index in [-0.39, 0.29) is 11.0 Å². The summed E-state index contributed by atoms with van der Waals surface area (Å²) < 4.78 is 0. The molecule has 0 atom stereocenters. The number of ketones is 1. The Morgan fingerprint density at radius 2 is 1.79 bits per heavy atom. The molecule has 1 aliphatic carbocycles. The van der Waals surface area contributed by atoms with E-state index in [4.69, 9.17) is 5.41 Å². The maximum Gasteiger partial charge on any atom is 0.133 e. The first-order valence-corrected chi connectivity index (χ1v) is 7.58. The molecule has 1 rings (SSSR count). The van der Waals surface area contributed by atoms with Crippen molar-refractivity contribution in [2.45, 2.75) is 84.6 Å². The molecule has 3 nitrogen and oxygen atoms in total. The molecule has 0 spiro atoms. The summed E-state index contributed by atoms with van der Waals surface area (Å²) in [6, 6.07) is 0. The Kier molecular flexibility index (Phi) is 5.57. The topological polar surface area (TPSA) is 53.0 Å². The fraction of sp³-hybridized carbons (Fsp3) is 0.875. The standard InChI is InChI=1S/C16H30N2O/c1-15(2,3)12-13(19)8-5-6-9-14(17)18-16(4)10-7-11-16/h5-12H2,1-4H3,(H2,17,18). The summed E-state index contributed by atoms with van der Waals surface area (Å²) in [5, 5.41) is 11.2. The predicted molar refractivity (Wildman–Crippen MR) is 80.7 cm³/mol. The molecule has 1 aliphatic rings. The lowest BCUT2D eigenvalue weighted by Gasteiger charge is -2.40. The predicted octanol–water partition coefficient (Wildman–Crippen LogP) is 4.06. The highest BCUT2D eigenvalue weighted by Crippen LogP contribution is 2.31. The average molecular weight is 266 g/mol. The van der Waals surface area contributed by atoms with Crippen LogP contribution in [0.2, 0.25) is 0 Å². The largest absolute Gasteiger partial charge is 0.369 e. The SMILES string of the molecule is CC(C)(C)CC(=O)CCCCC(=N)NC1(C)CCC1. The van der Waals surface area contributed by atoms with Gasteiger partial charge < -0.3 is 5.32 Å². The quantitative estimate of drug-likeness (QED) is 0.415. The van der Waals surface area contributed by atoms with Crippen LogP contribution in [0, 0.1) is 10.8 Å². The number of hydrogen-bond acceptors (Lipinski definition) is 2. The molecule has 1 fully saturated rings. The normalized spacial score (nSPS) is 17.7. The van der Waals surface area contributed by atoms with Crippen LogP contribution in [-0.4, -0.2) is 17.2 Å². The molecule has 1 saturated carbocycles. The van der Waals surface area contributed by atoms with Crippen molar-refractivity contribution in [2.75, 3.05) is 0 Å². The summed E-state index contributed by atoms with van der Waals surface area (Å²) in [7, 11) is 0. The Morgan fingerprint density at radius 1 is 1.21 bits per heavy atom. The maximum atomic E-state index is 11.7. The summed E-state index contributed by atoms with van der Waals surface area (Å²) in [6.07, 6.45) is 7.60. The number of carbonyl (C=O) groups is 1. The number of hydrogen-bond donors (Lipinski definition) is 2. The van der Waals surface area contributed by atoms with Crippen LogP contribution in [0.25, 0.3) is 0 Å². The smallest absolute Gasteiger partial charge is 0.133 e. The average Bonchev–Trinajstić information content (AvgIpc) is 2.19. The van der Waals surface area contributed by atoms with Crippen molar-refractivity contribution in [2.24, 2.45) is 5.41 Å². The van der Waals surface area contributed by atoms with Gasteiger partial charge >= 0.3 is 0 Å². The van der Waals surface area contributed by atoms with E-state index >= 15 is 0 Å². The van der Waals surface area contributed by atoms with Crippen molar-refractivity contribution in [3.05, 3.63) is 0 Å². The van der Waals surface area contributed by atoms with Crippen molar-refractivity contribution in [1.29, 1.82) is 5.41 Å².